The molecule has 24 heavy (non-hydrogen) atoms. The van der Waals surface area contributed by atoms with Gasteiger partial charge in [0.15, 0.2) is 0 Å². The van der Waals surface area contributed by atoms with Gasteiger partial charge in [0.25, 0.3) is 5.91 Å². The van der Waals surface area contributed by atoms with Crippen molar-refractivity contribution in [3.63, 3.8) is 0 Å². The van der Waals surface area contributed by atoms with E-state index < -0.39 is 0 Å². The predicted molar refractivity (Wildman–Crippen MR) is 92.0 cm³/mol. The molecular formula is C20H17FN2O. The highest BCUT2D eigenvalue weighted by Gasteiger charge is 2.11. The second-order valence-electron chi connectivity index (χ2n) is 5.50. The largest absolute Gasteiger partial charge is 0.348 e. The van der Waals surface area contributed by atoms with Crippen molar-refractivity contribution < 1.29 is 9.18 Å². The monoisotopic (exact) mass is 320 g/mol. The van der Waals surface area contributed by atoms with Gasteiger partial charge in [0.2, 0.25) is 0 Å². The molecule has 1 heterocycles. The zero-order valence-electron chi connectivity index (χ0n) is 13.3. The van der Waals surface area contributed by atoms with Gasteiger partial charge in [0, 0.05) is 12.1 Å². The zero-order valence-corrected chi connectivity index (χ0v) is 13.3. The van der Waals surface area contributed by atoms with E-state index in [-0.39, 0.29) is 11.7 Å². The van der Waals surface area contributed by atoms with Crippen LogP contribution in [0.15, 0.2) is 66.7 Å². The van der Waals surface area contributed by atoms with Crippen LogP contribution in [-0.2, 0) is 6.54 Å². The Morgan fingerprint density at radius 2 is 1.71 bits per heavy atom. The molecule has 2 aromatic carbocycles. The van der Waals surface area contributed by atoms with Gasteiger partial charge in [-0.1, -0.05) is 42.5 Å². The summed E-state index contributed by atoms with van der Waals surface area (Å²) >= 11 is 0. The maximum absolute atomic E-state index is 12.9. The average molecular weight is 320 g/mol. The Hall–Kier alpha value is -3.01. The van der Waals surface area contributed by atoms with Gasteiger partial charge in [-0.15, -0.1) is 0 Å². The van der Waals surface area contributed by atoms with Crippen molar-refractivity contribution in [3.05, 3.63) is 89.4 Å². The van der Waals surface area contributed by atoms with Crippen LogP contribution in [0.4, 0.5) is 4.39 Å². The molecule has 0 saturated heterocycles. The second-order valence-corrected chi connectivity index (χ2v) is 5.50. The molecule has 1 aromatic heterocycles. The van der Waals surface area contributed by atoms with Crippen molar-refractivity contribution in [1.82, 2.24) is 10.3 Å². The number of amides is 1. The lowest BCUT2D eigenvalue weighted by molar-refractivity contribution is 0.0950. The van der Waals surface area contributed by atoms with Crippen LogP contribution in [0, 0.1) is 12.7 Å². The molecule has 120 valence electrons. The molecule has 0 aliphatic heterocycles. The van der Waals surface area contributed by atoms with Crippen molar-refractivity contribution in [2.45, 2.75) is 13.5 Å². The number of nitrogens with one attached hydrogen (secondary N) is 1. The number of benzene rings is 2. The van der Waals surface area contributed by atoms with Gasteiger partial charge in [-0.2, -0.15) is 0 Å². The summed E-state index contributed by atoms with van der Waals surface area (Å²) in [5.74, 6) is -0.481. The maximum Gasteiger partial charge on any atom is 0.253 e. The van der Waals surface area contributed by atoms with Crippen molar-refractivity contribution in [3.8, 4) is 11.3 Å². The summed E-state index contributed by atoms with van der Waals surface area (Å²) in [5, 5.41) is 2.83. The lowest BCUT2D eigenvalue weighted by Crippen LogP contribution is -2.24. The summed E-state index contributed by atoms with van der Waals surface area (Å²) < 4.78 is 12.9. The molecule has 0 atom stereocenters. The Bertz CT molecular complexity index is 845. The van der Waals surface area contributed by atoms with E-state index in [1.165, 1.54) is 12.1 Å². The quantitative estimate of drug-likeness (QED) is 0.785. The lowest BCUT2D eigenvalue weighted by atomic mass is 10.1. The average Bonchev–Trinajstić information content (AvgIpc) is 2.61. The van der Waals surface area contributed by atoms with Gasteiger partial charge in [-0.25, -0.2) is 4.39 Å². The van der Waals surface area contributed by atoms with Crippen LogP contribution >= 0.6 is 0 Å². The lowest BCUT2D eigenvalue weighted by Gasteiger charge is -2.09. The van der Waals surface area contributed by atoms with E-state index in [1.54, 1.807) is 18.2 Å². The standard InChI is InChI=1S/C20H17FN2O/c1-14-18(11-12-19(23-14)16-5-3-2-4-6-16)20(24)22-13-15-7-9-17(21)10-8-15/h2-12H,13H2,1H3,(H,22,24). The first kappa shape index (κ1) is 15.9. The highest BCUT2D eigenvalue weighted by Crippen LogP contribution is 2.18. The van der Waals surface area contributed by atoms with Crippen LogP contribution in [0.2, 0.25) is 0 Å². The van der Waals surface area contributed by atoms with E-state index in [4.69, 9.17) is 0 Å². The third-order valence-corrected chi connectivity index (χ3v) is 3.77. The van der Waals surface area contributed by atoms with E-state index >= 15 is 0 Å². The minimum atomic E-state index is -0.290. The topological polar surface area (TPSA) is 42.0 Å². The smallest absolute Gasteiger partial charge is 0.253 e. The van der Waals surface area contributed by atoms with Crippen LogP contribution in [0.25, 0.3) is 11.3 Å². The minimum absolute atomic E-state index is 0.191. The van der Waals surface area contributed by atoms with E-state index in [9.17, 15) is 9.18 Å². The van der Waals surface area contributed by atoms with Crippen LogP contribution < -0.4 is 5.32 Å². The number of hydrogen-bond acceptors (Lipinski definition) is 2. The van der Waals surface area contributed by atoms with E-state index in [0.717, 1.165) is 16.8 Å². The normalized spacial score (nSPS) is 10.4. The maximum atomic E-state index is 12.9. The number of carbonyl (C=O) groups is 1. The van der Waals surface area contributed by atoms with Gasteiger partial charge < -0.3 is 5.32 Å². The SMILES string of the molecule is Cc1nc(-c2ccccc2)ccc1C(=O)NCc1ccc(F)cc1. The van der Waals surface area contributed by atoms with Gasteiger partial charge in [-0.05, 0) is 36.8 Å². The Kier molecular flexibility index (Phi) is 4.66. The third kappa shape index (κ3) is 3.66. The molecule has 0 aliphatic rings. The molecular weight excluding hydrogens is 303 g/mol. The van der Waals surface area contributed by atoms with Gasteiger partial charge in [-0.3, -0.25) is 9.78 Å². The van der Waals surface area contributed by atoms with Crippen molar-refractivity contribution >= 4 is 5.91 Å². The second kappa shape index (κ2) is 7.04. The summed E-state index contributed by atoms with van der Waals surface area (Å²) in [6.45, 7) is 2.16. The van der Waals surface area contributed by atoms with Gasteiger partial charge in [0.1, 0.15) is 5.82 Å². The molecule has 4 heteroatoms. The molecule has 0 fully saturated rings. The molecule has 3 aromatic rings. The first-order valence-electron chi connectivity index (χ1n) is 7.69. The number of hydrogen-bond donors (Lipinski definition) is 1. The van der Waals surface area contributed by atoms with Crippen molar-refractivity contribution in [2.24, 2.45) is 0 Å². The molecule has 0 radical (unpaired) electrons. The van der Waals surface area contributed by atoms with Gasteiger partial charge in [0.05, 0.1) is 17.0 Å². The first-order valence-corrected chi connectivity index (χ1v) is 7.69. The molecule has 1 N–H and O–H groups in total. The number of aryl methyl sites for hydroxylation is 1. The Morgan fingerprint density at radius 3 is 2.38 bits per heavy atom. The number of pyridine rings is 1. The van der Waals surface area contributed by atoms with E-state index in [2.05, 4.69) is 10.3 Å². The molecule has 0 saturated carbocycles. The summed E-state index contributed by atoms with van der Waals surface area (Å²) in [4.78, 5) is 16.8. The molecule has 0 bridgehead atoms. The first-order chi connectivity index (χ1) is 11.6. The number of nitrogens with zero attached hydrogens (tertiary/aromatic N) is 1. The van der Waals surface area contributed by atoms with Crippen LogP contribution in [0.3, 0.4) is 0 Å². The van der Waals surface area contributed by atoms with Gasteiger partial charge >= 0.3 is 0 Å². The summed E-state index contributed by atoms with van der Waals surface area (Å²) in [6.07, 6.45) is 0. The summed E-state index contributed by atoms with van der Waals surface area (Å²) in [5.41, 5.74) is 3.91. The molecule has 0 spiro atoms. The van der Waals surface area contributed by atoms with Crippen LogP contribution in [-0.4, -0.2) is 10.9 Å². The van der Waals surface area contributed by atoms with Crippen LogP contribution in [0.5, 0.6) is 0 Å². The Balaban J connectivity index is 1.72. The number of carbonyl (C=O) groups excluding carboxylic acids is 1. The molecule has 1 amide bonds. The molecule has 3 nitrogen and oxygen atoms in total. The fraction of sp³-hybridized carbons (Fsp3) is 0.100. The molecule has 0 aliphatic carbocycles. The molecule has 3 rings (SSSR count). The highest BCUT2D eigenvalue weighted by molar-refractivity contribution is 5.95. The zero-order chi connectivity index (χ0) is 16.9. The number of halogens is 1. The minimum Gasteiger partial charge on any atom is -0.348 e. The van der Waals surface area contributed by atoms with E-state index in [0.29, 0.717) is 17.8 Å². The predicted octanol–water partition coefficient (Wildman–Crippen LogP) is 4.13. The van der Waals surface area contributed by atoms with E-state index in [1.807, 2.05) is 43.3 Å². The van der Waals surface area contributed by atoms with Crippen molar-refractivity contribution in [1.29, 1.82) is 0 Å². The van der Waals surface area contributed by atoms with Crippen molar-refractivity contribution in [2.75, 3.05) is 0 Å². The highest BCUT2D eigenvalue weighted by atomic mass is 19.1. The van der Waals surface area contributed by atoms with Crippen LogP contribution in [0.1, 0.15) is 21.6 Å². The Morgan fingerprint density at radius 1 is 1.00 bits per heavy atom. The Labute approximate surface area is 140 Å². The fourth-order valence-corrected chi connectivity index (χ4v) is 2.45. The number of aromatic nitrogens is 1. The fourth-order valence-electron chi connectivity index (χ4n) is 2.45. The number of rotatable bonds is 4. The summed E-state index contributed by atoms with van der Waals surface area (Å²) in [6, 6.07) is 19.5. The summed E-state index contributed by atoms with van der Waals surface area (Å²) in [7, 11) is 0. The third-order valence-electron chi connectivity index (χ3n) is 3.77. The molecule has 0 unspecified atom stereocenters.